The van der Waals surface area contributed by atoms with E-state index in [2.05, 4.69) is 517 Å². The highest BCUT2D eigenvalue weighted by Crippen LogP contribution is 2.51. The van der Waals surface area contributed by atoms with Gasteiger partial charge in [0.25, 0.3) is 0 Å². The van der Waals surface area contributed by atoms with Crippen molar-refractivity contribution in [1.29, 1.82) is 0 Å². The fraction of sp³-hybridized carbons (Fsp3) is 0.0382. The van der Waals surface area contributed by atoms with Crippen molar-refractivity contribution < 1.29 is 0 Å². The first-order chi connectivity index (χ1) is 66.8. The van der Waals surface area contributed by atoms with Crippen molar-refractivity contribution in [2.24, 2.45) is 5.92 Å². The summed E-state index contributed by atoms with van der Waals surface area (Å²) in [4.78, 5) is 4.91. The molecule has 2 aromatic heterocycles. The summed E-state index contributed by atoms with van der Waals surface area (Å²) in [5, 5.41) is 20.0. The minimum Gasteiger partial charge on any atom is -0.333 e. The number of aromatic nitrogens is 2. The summed E-state index contributed by atoms with van der Waals surface area (Å²) in [5.74, 6) is 0.433. The van der Waals surface area contributed by atoms with E-state index in [0.29, 0.717) is 5.92 Å². The molecule has 634 valence electrons. The van der Waals surface area contributed by atoms with Crippen molar-refractivity contribution in [3.63, 3.8) is 0 Å². The second-order valence-electron chi connectivity index (χ2n) is 36.6. The van der Waals surface area contributed by atoms with E-state index < -0.39 is 0 Å². The van der Waals surface area contributed by atoms with Crippen LogP contribution in [-0.2, 0) is 6.42 Å². The largest absolute Gasteiger partial charge is 0.333 e. The lowest BCUT2D eigenvalue weighted by molar-refractivity contribution is 0.650. The lowest BCUT2D eigenvalue weighted by atomic mass is 9.82. The number of fused-ring (bicyclic) bond motifs is 18. The number of hydrogen-bond acceptors (Lipinski definition) is 2. The van der Waals surface area contributed by atoms with Crippen LogP contribution in [0.25, 0.3) is 203 Å². The minimum absolute atomic E-state index is 0.00764. The molecule has 0 spiro atoms. The SMILES string of the molecule is CC1C=Cc2c(c(-c3ccc(N(c4cccc(-c5cccc(-n6c7ccccc7c7ccc8ccccc8c76)c5)c4)c4ccc(-c5cccc(-c6cc7c(c8ccccc68)c6ccccc6n7C6C=C(c7cccc(N(c8ccc(-c9ccccc9)cc8)c8ccc(-c9cc%10ccc%11ccccc%11c%10c%10ccccc9%10)cc8)c7)C=CC6)c5)cc4-c4ccccc4)cc3)cc3ccccc23)C1. The Morgan fingerprint density at radius 3 is 1.47 bits per heavy atom. The molecule has 0 N–H and O–H groups in total. The van der Waals surface area contributed by atoms with Gasteiger partial charge in [-0.05, 0) is 294 Å². The molecule has 0 fully saturated rings. The Kier molecular flexibility index (Phi) is 19.1. The van der Waals surface area contributed by atoms with Crippen LogP contribution in [0, 0.1) is 5.92 Å². The van der Waals surface area contributed by atoms with E-state index in [9.17, 15) is 0 Å². The third kappa shape index (κ3) is 13.7. The summed E-state index contributed by atoms with van der Waals surface area (Å²) in [6.07, 6.45) is 13.8. The van der Waals surface area contributed by atoms with E-state index >= 15 is 0 Å². The molecule has 22 aromatic carbocycles. The maximum atomic E-state index is 2.64. The smallest absolute Gasteiger partial charge is 0.0619 e. The number of rotatable bonds is 16. The lowest BCUT2D eigenvalue weighted by Crippen LogP contribution is -2.11. The van der Waals surface area contributed by atoms with Gasteiger partial charge in [-0.15, -0.1) is 0 Å². The van der Waals surface area contributed by atoms with E-state index in [4.69, 9.17) is 0 Å². The number of benzene rings is 22. The molecular weight excluding hydrogens is 1630 g/mol. The van der Waals surface area contributed by atoms with Crippen molar-refractivity contribution in [1.82, 2.24) is 9.13 Å². The summed E-state index contributed by atoms with van der Waals surface area (Å²) in [5.41, 5.74) is 33.8. The summed E-state index contributed by atoms with van der Waals surface area (Å²) in [6.45, 7) is 2.34. The maximum absolute atomic E-state index is 2.64. The van der Waals surface area contributed by atoms with Crippen LogP contribution in [0.2, 0.25) is 0 Å². The van der Waals surface area contributed by atoms with Crippen molar-refractivity contribution >= 4 is 154 Å². The second-order valence-corrected chi connectivity index (χ2v) is 36.6. The van der Waals surface area contributed by atoms with Gasteiger partial charge in [-0.3, -0.25) is 0 Å². The van der Waals surface area contributed by atoms with Gasteiger partial charge in [0.15, 0.2) is 0 Å². The van der Waals surface area contributed by atoms with E-state index in [-0.39, 0.29) is 6.04 Å². The average Bonchev–Trinajstić information content (AvgIpc) is 1.68. The monoisotopic (exact) mass is 1720 g/mol. The molecular formula is C131H90N4. The molecule has 4 heteroatoms. The molecule has 135 heavy (non-hydrogen) atoms. The van der Waals surface area contributed by atoms with Gasteiger partial charge >= 0.3 is 0 Å². The molecule has 2 aliphatic rings. The van der Waals surface area contributed by atoms with Crippen LogP contribution in [0.5, 0.6) is 0 Å². The quantitative estimate of drug-likeness (QED) is 0.0897. The highest BCUT2D eigenvalue weighted by atomic mass is 15.2. The Labute approximate surface area is 784 Å². The van der Waals surface area contributed by atoms with Gasteiger partial charge in [0, 0.05) is 72.1 Å². The molecule has 0 amide bonds. The molecule has 0 bridgehead atoms. The summed E-state index contributed by atoms with van der Waals surface area (Å²) in [7, 11) is 0. The van der Waals surface area contributed by atoms with Crippen LogP contribution in [0.15, 0.2) is 485 Å². The molecule has 26 rings (SSSR count). The number of hydrogen-bond donors (Lipinski definition) is 0. The number of allylic oxidation sites excluding steroid dienone is 5. The average molecular weight is 1720 g/mol. The van der Waals surface area contributed by atoms with Gasteiger partial charge in [0.1, 0.15) is 0 Å². The predicted octanol–water partition coefficient (Wildman–Crippen LogP) is 36.2. The van der Waals surface area contributed by atoms with Crippen LogP contribution in [0.3, 0.4) is 0 Å². The zero-order chi connectivity index (χ0) is 89.1. The van der Waals surface area contributed by atoms with Crippen molar-refractivity contribution in [3.8, 4) is 83.6 Å². The number of anilines is 6. The molecule has 2 heterocycles. The van der Waals surface area contributed by atoms with E-state index in [1.54, 1.807) is 0 Å². The molecule has 2 unspecified atom stereocenters. The summed E-state index contributed by atoms with van der Waals surface area (Å²) < 4.78 is 5.11. The molecule has 2 atom stereocenters. The third-order valence-electron chi connectivity index (χ3n) is 28.6. The highest BCUT2D eigenvalue weighted by molar-refractivity contribution is 6.26. The van der Waals surface area contributed by atoms with Crippen LogP contribution >= 0.6 is 0 Å². The number of para-hydroxylation sites is 2. The van der Waals surface area contributed by atoms with Gasteiger partial charge < -0.3 is 18.9 Å². The summed E-state index contributed by atoms with van der Waals surface area (Å²) >= 11 is 0. The molecule has 2 aliphatic carbocycles. The Hall–Kier alpha value is -17.2. The fourth-order valence-corrected chi connectivity index (χ4v) is 22.3. The zero-order valence-corrected chi connectivity index (χ0v) is 74.6. The zero-order valence-electron chi connectivity index (χ0n) is 74.6. The molecule has 0 saturated carbocycles. The first-order valence-electron chi connectivity index (χ1n) is 47.2. The second kappa shape index (κ2) is 32.7. The van der Waals surface area contributed by atoms with Gasteiger partial charge in [-0.25, -0.2) is 0 Å². The Morgan fingerprint density at radius 2 is 0.741 bits per heavy atom. The Morgan fingerprint density at radius 1 is 0.259 bits per heavy atom. The standard InChI is InChI=1S/C131H90N4/c1-85-55-72-114-109-44-11-10-33-100(109)82-121(124(114)75-85)92-62-70-104(71-63-92)133(106-41-24-36-95(78-106)97-38-26-43-108(80-97)135-125-53-20-18-49-115(125)118-73-64-90-32-9-13-46-111(90)131(118)135)127-74-65-98(81-123(127)88-29-6-3-7-30-88)93-34-22-39-99(76-93)122-84-128-130(117-51-17-15-48-113(117)122)119-52-19-21-54-126(119)134(128)107-42-25-37-96(79-107)94-35-23-40-105(77-94)132(102-66-58-87(59-67-102)86-27-4-2-5-28-86)103-68-60-91(61-69-103)120-83-101-57-56-89-31-8-12-45-110(89)129(101)116-50-16-14-47-112(116)120/h2-41,43-74,76-85,107H,42,75H2,1H3. The molecule has 0 radical (unpaired) electrons. The van der Waals surface area contributed by atoms with Crippen LogP contribution in [0.1, 0.15) is 36.1 Å². The molecule has 0 saturated heterocycles. The number of nitrogens with zero attached hydrogens (tertiary/aromatic N) is 4. The lowest BCUT2D eigenvalue weighted by Gasteiger charge is -2.29. The van der Waals surface area contributed by atoms with Crippen LogP contribution in [0.4, 0.5) is 34.1 Å². The molecule has 4 nitrogen and oxygen atoms in total. The predicted molar refractivity (Wildman–Crippen MR) is 575 cm³/mol. The van der Waals surface area contributed by atoms with E-state index in [0.717, 1.165) is 97.2 Å². The first kappa shape index (κ1) is 78.8. The van der Waals surface area contributed by atoms with Crippen molar-refractivity contribution in [3.05, 3.63) is 502 Å². The first-order valence-corrected chi connectivity index (χ1v) is 47.2. The van der Waals surface area contributed by atoms with Gasteiger partial charge in [-0.2, -0.15) is 0 Å². The van der Waals surface area contributed by atoms with Gasteiger partial charge in [-0.1, -0.05) is 377 Å². The van der Waals surface area contributed by atoms with Crippen molar-refractivity contribution in [2.45, 2.75) is 25.8 Å². The molecule has 24 aromatic rings. The summed E-state index contributed by atoms with van der Waals surface area (Å²) in [6, 6.07) is 172. The highest BCUT2D eigenvalue weighted by Gasteiger charge is 2.28. The third-order valence-corrected chi connectivity index (χ3v) is 28.6. The molecule has 0 aliphatic heterocycles. The topological polar surface area (TPSA) is 16.3 Å². The van der Waals surface area contributed by atoms with Crippen molar-refractivity contribution in [2.75, 3.05) is 9.80 Å². The maximum Gasteiger partial charge on any atom is 0.0619 e. The Balaban J connectivity index is 0.577. The Bertz CT molecular complexity index is 9000. The van der Waals surface area contributed by atoms with Gasteiger partial charge in [0.05, 0.1) is 28.3 Å². The normalized spacial score (nSPS) is 13.7. The van der Waals surface area contributed by atoms with Gasteiger partial charge in [0.2, 0.25) is 0 Å². The minimum atomic E-state index is -0.00764. The van der Waals surface area contributed by atoms with E-state index in [1.807, 2.05) is 0 Å². The van der Waals surface area contributed by atoms with E-state index in [1.165, 1.54) is 164 Å². The fourth-order valence-electron chi connectivity index (χ4n) is 22.3. The van der Waals surface area contributed by atoms with Crippen LogP contribution in [-0.4, -0.2) is 9.13 Å². The van der Waals surface area contributed by atoms with Crippen LogP contribution < -0.4 is 9.80 Å².